The molecule has 1 aliphatic rings. The molecule has 6 heteroatoms. The molecule has 2 N–H and O–H groups in total. The van der Waals surface area contributed by atoms with E-state index in [4.69, 9.17) is 9.47 Å². The molecule has 2 atom stereocenters. The first kappa shape index (κ1) is 27.4. The van der Waals surface area contributed by atoms with Crippen molar-refractivity contribution in [3.05, 3.63) is 95.8 Å². The van der Waals surface area contributed by atoms with Gasteiger partial charge in [0.25, 0.3) is 0 Å². The first-order valence-electron chi connectivity index (χ1n) is 12.9. The maximum Gasteiger partial charge on any atom is 0.303 e. The summed E-state index contributed by atoms with van der Waals surface area (Å²) in [6.45, 7) is 7.84. The van der Waals surface area contributed by atoms with Crippen molar-refractivity contribution in [1.82, 2.24) is 0 Å². The molecule has 0 bridgehead atoms. The van der Waals surface area contributed by atoms with Gasteiger partial charge in [-0.25, -0.2) is 4.39 Å². The zero-order valence-corrected chi connectivity index (χ0v) is 22.1. The number of aliphatic hydroxyl groups is 1. The molecule has 3 aromatic carbocycles. The van der Waals surface area contributed by atoms with Gasteiger partial charge in [0.2, 0.25) is 0 Å². The highest BCUT2D eigenvalue weighted by Crippen LogP contribution is 2.45. The number of rotatable bonds is 12. The van der Waals surface area contributed by atoms with Crippen LogP contribution in [0.5, 0.6) is 11.5 Å². The van der Waals surface area contributed by atoms with Crippen molar-refractivity contribution in [2.45, 2.75) is 51.7 Å². The quantitative estimate of drug-likeness (QED) is 0.246. The van der Waals surface area contributed by atoms with Crippen molar-refractivity contribution >= 4 is 5.97 Å². The normalized spacial score (nSPS) is 15.0. The third-order valence-corrected chi connectivity index (χ3v) is 7.38. The van der Waals surface area contributed by atoms with Crippen molar-refractivity contribution in [3.63, 3.8) is 0 Å². The lowest BCUT2D eigenvalue weighted by Gasteiger charge is -2.29. The average molecular weight is 519 g/mol. The zero-order valence-electron chi connectivity index (χ0n) is 22.1. The second-order valence-electron chi connectivity index (χ2n) is 10.6. The fraction of sp³-hybridized carbons (Fsp3) is 0.344. The summed E-state index contributed by atoms with van der Waals surface area (Å²) < 4.78 is 26.3. The Balaban J connectivity index is 1.63. The summed E-state index contributed by atoms with van der Waals surface area (Å²) in [4.78, 5) is 11.4. The molecule has 4 rings (SSSR count). The highest BCUT2D eigenvalue weighted by atomic mass is 19.1. The van der Waals surface area contributed by atoms with Crippen LogP contribution in [0.2, 0.25) is 0 Å². The van der Waals surface area contributed by atoms with Gasteiger partial charge in [-0.1, -0.05) is 44.2 Å². The van der Waals surface area contributed by atoms with Crippen LogP contribution in [0.1, 0.15) is 61.8 Å². The van der Waals surface area contributed by atoms with E-state index in [1.54, 1.807) is 24.3 Å². The fourth-order valence-electron chi connectivity index (χ4n) is 4.77. The Morgan fingerprint density at radius 2 is 1.87 bits per heavy atom. The van der Waals surface area contributed by atoms with E-state index in [2.05, 4.69) is 6.58 Å². The van der Waals surface area contributed by atoms with Crippen LogP contribution in [-0.4, -0.2) is 23.3 Å². The molecule has 200 valence electrons. The van der Waals surface area contributed by atoms with Crippen molar-refractivity contribution in [2.24, 2.45) is 11.3 Å². The van der Waals surface area contributed by atoms with E-state index in [1.165, 1.54) is 13.2 Å². The number of halogens is 1. The Bertz CT molecular complexity index is 1310. The van der Waals surface area contributed by atoms with E-state index in [-0.39, 0.29) is 18.9 Å². The molecule has 3 aromatic rings. The lowest BCUT2D eigenvalue weighted by atomic mass is 9.79. The number of carboxylic acids is 1. The Hall–Kier alpha value is -3.64. The van der Waals surface area contributed by atoms with Crippen LogP contribution in [0.15, 0.2) is 73.3 Å². The monoisotopic (exact) mass is 518 g/mol. The molecule has 0 spiro atoms. The molecule has 0 unspecified atom stereocenters. The average Bonchev–Trinajstić information content (AvgIpc) is 3.76. The highest BCUT2D eigenvalue weighted by Gasteiger charge is 2.34. The molecule has 0 amide bonds. The molecule has 0 aliphatic heterocycles. The minimum absolute atomic E-state index is 0.0176. The molecular weight excluding hydrogens is 483 g/mol. The number of aliphatic hydroxyl groups excluding tert-OH is 1. The van der Waals surface area contributed by atoms with Crippen LogP contribution < -0.4 is 9.47 Å². The van der Waals surface area contributed by atoms with E-state index < -0.39 is 23.3 Å². The largest absolute Gasteiger partial charge is 0.497 e. The van der Waals surface area contributed by atoms with Crippen molar-refractivity contribution in [2.75, 3.05) is 7.11 Å². The number of carbonyl (C=O) groups is 1. The summed E-state index contributed by atoms with van der Waals surface area (Å²) in [5, 5.41) is 20.7. The third-order valence-electron chi connectivity index (χ3n) is 7.38. The predicted molar refractivity (Wildman–Crippen MR) is 146 cm³/mol. The standard InChI is InChI=1S/C32H35FO5/c1-5-32(2,3)31(36)28-15-20(9-13-25(28)27-17-23(37-4)12-14-29(27)33)19-38-24-8-6-7-22(16-24)26(18-30(34)35)21-10-11-21/h5-9,12-17,21,26,31,36H,1,10-11,18-19H2,2-4H3,(H,34,35)/t26-,31-/m1/s1. The van der Waals surface area contributed by atoms with Gasteiger partial charge in [0.05, 0.1) is 19.6 Å². The molecule has 0 saturated heterocycles. The van der Waals surface area contributed by atoms with E-state index in [0.29, 0.717) is 34.1 Å². The van der Waals surface area contributed by atoms with Gasteiger partial charge in [0.1, 0.15) is 23.9 Å². The molecule has 1 saturated carbocycles. The first-order chi connectivity index (χ1) is 18.1. The summed E-state index contributed by atoms with van der Waals surface area (Å²) >= 11 is 0. The third kappa shape index (κ3) is 6.25. The second-order valence-corrected chi connectivity index (χ2v) is 10.6. The summed E-state index contributed by atoms with van der Waals surface area (Å²) in [6.07, 6.45) is 2.95. The second kappa shape index (κ2) is 11.4. The van der Waals surface area contributed by atoms with Crippen molar-refractivity contribution in [1.29, 1.82) is 0 Å². The number of ether oxygens (including phenoxy) is 2. The maximum atomic E-state index is 14.9. The van der Waals surface area contributed by atoms with E-state index in [0.717, 1.165) is 24.0 Å². The molecule has 1 fully saturated rings. The Morgan fingerprint density at radius 1 is 1.11 bits per heavy atom. The molecule has 0 radical (unpaired) electrons. The number of carboxylic acid groups (broad SMARTS) is 1. The van der Waals surface area contributed by atoms with Gasteiger partial charge in [-0.2, -0.15) is 0 Å². The van der Waals surface area contributed by atoms with Gasteiger partial charge >= 0.3 is 5.97 Å². The SMILES string of the molecule is C=CC(C)(C)[C@H](O)c1cc(COc2cccc([C@H](CC(=O)O)C3CC3)c2)ccc1-c1cc(OC)ccc1F. The minimum Gasteiger partial charge on any atom is -0.497 e. The number of hydrogen-bond acceptors (Lipinski definition) is 4. The number of methoxy groups -OCH3 is 1. The first-order valence-corrected chi connectivity index (χ1v) is 12.9. The number of benzene rings is 3. The molecule has 38 heavy (non-hydrogen) atoms. The van der Waals surface area contributed by atoms with Gasteiger partial charge in [0, 0.05) is 11.0 Å². The number of hydrogen-bond donors (Lipinski definition) is 2. The van der Waals surface area contributed by atoms with Crippen LogP contribution in [-0.2, 0) is 11.4 Å². The summed E-state index contributed by atoms with van der Waals surface area (Å²) in [7, 11) is 1.53. The Labute approximate surface area is 223 Å². The van der Waals surface area contributed by atoms with Crippen LogP contribution in [0.25, 0.3) is 11.1 Å². The van der Waals surface area contributed by atoms with Gasteiger partial charge in [0.15, 0.2) is 0 Å². The molecule has 5 nitrogen and oxygen atoms in total. The summed E-state index contributed by atoms with van der Waals surface area (Å²) in [6, 6.07) is 17.6. The van der Waals surface area contributed by atoms with Crippen molar-refractivity contribution < 1.29 is 28.9 Å². The van der Waals surface area contributed by atoms with Gasteiger partial charge < -0.3 is 19.7 Å². The van der Waals surface area contributed by atoms with Gasteiger partial charge in [-0.15, -0.1) is 6.58 Å². The van der Waals surface area contributed by atoms with Gasteiger partial charge in [-0.3, -0.25) is 4.79 Å². The topological polar surface area (TPSA) is 76.0 Å². The molecule has 0 aromatic heterocycles. The Morgan fingerprint density at radius 3 is 2.53 bits per heavy atom. The zero-order chi connectivity index (χ0) is 27.4. The van der Waals surface area contributed by atoms with Crippen LogP contribution in [0.4, 0.5) is 4.39 Å². The molecule has 1 aliphatic carbocycles. The predicted octanol–water partition coefficient (Wildman–Crippen LogP) is 7.29. The maximum absolute atomic E-state index is 14.9. The lowest BCUT2D eigenvalue weighted by Crippen LogP contribution is -2.20. The summed E-state index contributed by atoms with van der Waals surface area (Å²) in [5.74, 6) is 0.344. The molecule has 0 heterocycles. The van der Waals surface area contributed by atoms with E-state index in [9.17, 15) is 19.4 Å². The lowest BCUT2D eigenvalue weighted by molar-refractivity contribution is -0.137. The minimum atomic E-state index is -0.945. The number of aliphatic carboxylic acids is 1. The van der Waals surface area contributed by atoms with Gasteiger partial charge in [-0.05, 0) is 83.3 Å². The summed E-state index contributed by atoms with van der Waals surface area (Å²) in [5.41, 5.74) is 2.58. The van der Waals surface area contributed by atoms with Crippen LogP contribution >= 0.6 is 0 Å². The highest BCUT2D eigenvalue weighted by molar-refractivity contribution is 5.71. The Kier molecular flexibility index (Phi) is 8.22. The van der Waals surface area contributed by atoms with Crippen LogP contribution in [0.3, 0.4) is 0 Å². The van der Waals surface area contributed by atoms with E-state index in [1.807, 2.05) is 50.2 Å². The fourth-order valence-corrected chi connectivity index (χ4v) is 4.77. The smallest absolute Gasteiger partial charge is 0.303 e. The van der Waals surface area contributed by atoms with E-state index >= 15 is 0 Å². The molecular formula is C32H35FO5. The van der Waals surface area contributed by atoms with Crippen LogP contribution in [0, 0.1) is 17.2 Å². The van der Waals surface area contributed by atoms with Crippen molar-refractivity contribution in [3.8, 4) is 22.6 Å².